The fourth-order valence-electron chi connectivity index (χ4n) is 2.38. The average molecular weight is 334 g/mol. The smallest absolute Gasteiger partial charge is 0.230 e. The highest BCUT2D eigenvalue weighted by atomic mass is 16.2. The monoisotopic (exact) mass is 333 g/mol. The van der Waals surface area contributed by atoms with Crippen molar-refractivity contribution in [2.24, 2.45) is 0 Å². The minimum absolute atomic E-state index is 0.0394. The molecule has 24 heavy (non-hydrogen) atoms. The summed E-state index contributed by atoms with van der Waals surface area (Å²) in [4.78, 5) is 23.6. The van der Waals surface area contributed by atoms with E-state index in [1.54, 1.807) is 0 Å². The topological polar surface area (TPSA) is 37.4 Å². The second-order valence-corrected chi connectivity index (χ2v) is 7.91. The number of hydrogen-bond acceptors (Lipinski definition) is 2. The fourth-order valence-corrected chi connectivity index (χ4v) is 2.38. The van der Waals surface area contributed by atoms with E-state index < -0.39 is 0 Å². The van der Waals surface area contributed by atoms with Gasteiger partial charge in [-0.1, -0.05) is 64.4 Å². The number of likely N-dealkylation sites (tertiary alicyclic amines) is 1. The summed E-state index contributed by atoms with van der Waals surface area (Å²) in [5, 5.41) is 0. The van der Waals surface area contributed by atoms with Crippen molar-refractivity contribution in [1.29, 1.82) is 0 Å². The van der Waals surface area contributed by atoms with Crippen molar-refractivity contribution in [3.63, 3.8) is 0 Å². The van der Waals surface area contributed by atoms with Gasteiger partial charge in [-0.3, -0.25) is 14.5 Å². The molecule has 0 saturated carbocycles. The molecule has 0 bridgehead atoms. The number of amides is 2. The van der Waals surface area contributed by atoms with E-state index in [-0.39, 0.29) is 22.8 Å². The number of carbonyl (C=O) groups is 2. The van der Waals surface area contributed by atoms with E-state index in [0.29, 0.717) is 12.8 Å². The fraction of sp³-hybridized carbons (Fsp3) is 0.619. The molecule has 1 aromatic rings. The Morgan fingerprint density at radius 2 is 1.17 bits per heavy atom. The number of aryl methyl sites for hydroxylation is 1. The number of nitrogens with zero attached hydrogens (tertiary/aromatic N) is 1. The third kappa shape index (κ3) is 6.86. The van der Waals surface area contributed by atoms with Gasteiger partial charge in [-0.2, -0.15) is 0 Å². The predicted octanol–water partition coefficient (Wildman–Crippen LogP) is 5.25. The average Bonchev–Trinajstić information content (AvgIpc) is 2.80. The first kappa shape index (κ1) is 22.4. The van der Waals surface area contributed by atoms with E-state index in [0.717, 1.165) is 0 Å². The number of carbonyl (C=O) groups excluding carboxylic acids is 2. The lowest BCUT2D eigenvalue weighted by molar-refractivity contribution is -0.143. The van der Waals surface area contributed by atoms with Crippen molar-refractivity contribution < 1.29 is 9.59 Å². The molecule has 1 heterocycles. The summed E-state index contributed by atoms with van der Waals surface area (Å²) in [5.41, 5.74) is 2.68. The maximum absolute atomic E-state index is 11.1. The lowest BCUT2D eigenvalue weighted by Gasteiger charge is -2.29. The predicted molar refractivity (Wildman–Crippen MR) is 102 cm³/mol. The molecule has 0 N–H and O–H groups in total. The summed E-state index contributed by atoms with van der Waals surface area (Å²) >= 11 is 0. The third-order valence-electron chi connectivity index (χ3n) is 3.64. The molecular formula is C21H35NO2. The molecule has 0 aromatic heterocycles. The second kappa shape index (κ2) is 9.00. The minimum atomic E-state index is -0.343. The van der Waals surface area contributed by atoms with Crippen molar-refractivity contribution in [3.8, 4) is 0 Å². The number of imide groups is 1. The number of rotatable bonds is 0. The lowest BCUT2D eigenvalue weighted by Crippen LogP contribution is -2.44. The second-order valence-electron chi connectivity index (χ2n) is 7.91. The SMILES string of the molecule is CC.CC(C)(C)N1C(=O)CCC1=O.Cc1ccc(C(C)(C)C)cc1. The first-order valence-corrected chi connectivity index (χ1v) is 8.86. The van der Waals surface area contributed by atoms with Gasteiger partial charge in [-0.25, -0.2) is 0 Å². The summed E-state index contributed by atoms with van der Waals surface area (Å²) < 4.78 is 0. The van der Waals surface area contributed by atoms with E-state index in [9.17, 15) is 9.59 Å². The van der Waals surface area contributed by atoms with Gasteiger partial charge in [0.25, 0.3) is 0 Å². The van der Waals surface area contributed by atoms with Gasteiger partial charge in [0.1, 0.15) is 0 Å². The van der Waals surface area contributed by atoms with Gasteiger partial charge in [0.2, 0.25) is 11.8 Å². The molecule has 2 amide bonds. The van der Waals surface area contributed by atoms with Crippen molar-refractivity contribution in [3.05, 3.63) is 35.4 Å². The standard InChI is InChI=1S/C11H16.C8H13NO2.C2H6/c1-9-5-7-10(8-6-9)11(2,3)4;1-8(2,3)9-6(10)4-5-7(9)11;1-2/h5-8H,1-4H3;4-5H2,1-3H3;1-2H3. The zero-order valence-electron chi connectivity index (χ0n) is 17.0. The lowest BCUT2D eigenvalue weighted by atomic mass is 9.87. The van der Waals surface area contributed by atoms with Crippen LogP contribution >= 0.6 is 0 Å². The first-order valence-electron chi connectivity index (χ1n) is 8.86. The maximum atomic E-state index is 11.1. The third-order valence-corrected chi connectivity index (χ3v) is 3.64. The molecule has 0 spiro atoms. The van der Waals surface area contributed by atoms with Crippen LogP contribution in [0.15, 0.2) is 24.3 Å². The maximum Gasteiger partial charge on any atom is 0.230 e. The highest BCUT2D eigenvalue weighted by Gasteiger charge is 2.36. The summed E-state index contributed by atoms with van der Waals surface area (Å²) in [7, 11) is 0. The molecule has 3 nitrogen and oxygen atoms in total. The largest absolute Gasteiger partial charge is 0.277 e. The van der Waals surface area contributed by atoms with Gasteiger partial charge in [-0.05, 0) is 38.7 Å². The Balaban J connectivity index is 0.000000400. The van der Waals surface area contributed by atoms with Crippen molar-refractivity contribution in [2.45, 2.75) is 86.1 Å². The van der Waals surface area contributed by atoms with E-state index in [2.05, 4.69) is 52.0 Å². The van der Waals surface area contributed by atoms with Crippen LogP contribution < -0.4 is 0 Å². The highest BCUT2D eigenvalue weighted by Crippen LogP contribution is 2.22. The van der Waals surface area contributed by atoms with E-state index >= 15 is 0 Å². The molecule has 1 aliphatic rings. The van der Waals surface area contributed by atoms with Crippen molar-refractivity contribution in [1.82, 2.24) is 4.90 Å². The molecule has 3 heteroatoms. The van der Waals surface area contributed by atoms with Gasteiger partial charge in [0.05, 0.1) is 0 Å². The molecule has 0 unspecified atom stereocenters. The molecular weight excluding hydrogens is 298 g/mol. The Morgan fingerprint density at radius 1 is 0.792 bits per heavy atom. The summed E-state index contributed by atoms with van der Waals surface area (Å²) in [6, 6.07) is 8.74. The van der Waals surface area contributed by atoms with E-state index in [1.165, 1.54) is 16.0 Å². The van der Waals surface area contributed by atoms with Crippen molar-refractivity contribution >= 4 is 11.8 Å². The summed E-state index contributed by atoms with van der Waals surface area (Å²) in [6.45, 7) is 18.4. The molecule has 0 atom stereocenters. The van der Waals surface area contributed by atoms with Crippen LogP contribution in [-0.4, -0.2) is 22.3 Å². The first-order chi connectivity index (χ1) is 10.9. The number of benzene rings is 1. The quantitative estimate of drug-likeness (QED) is 0.608. The van der Waals surface area contributed by atoms with Crippen LogP contribution in [0.3, 0.4) is 0 Å². The normalized spacial score (nSPS) is 14.6. The molecule has 2 rings (SSSR count). The Kier molecular flexibility index (Phi) is 8.39. The zero-order chi connectivity index (χ0) is 19.1. The molecule has 0 aliphatic carbocycles. The van der Waals surface area contributed by atoms with Gasteiger partial charge in [0.15, 0.2) is 0 Å². The van der Waals surface area contributed by atoms with E-state index in [1.807, 2.05) is 34.6 Å². The van der Waals surface area contributed by atoms with Crippen LogP contribution in [0, 0.1) is 6.92 Å². The van der Waals surface area contributed by atoms with E-state index in [4.69, 9.17) is 0 Å². The highest BCUT2D eigenvalue weighted by molar-refractivity contribution is 6.02. The Labute approximate surface area is 148 Å². The summed E-state index contributed by atoms with van der Waals surface area (Å²) in [5.74, 6) is -0.0787. The summed E-state index contributed by atoms with van der Waals surface area (Å²) in [6.07, 6.45) is 0.770. The molecule has 1 aromatic carbocycles. The Hall–Kier alpha value is -1.64. The van der Waals surface area contributed by atoms with Crippen LogP contribution in [0.2, 0.25) is 0 Å². The van der Waals surface area contributed by atoms with Gasteiger partial charge >= 0.3 is 0 Å². The molecule has 1 aliphatic heterocycles. The number of hydrogen-bond donors (Lipinski definition) is 0. The zero-order valence-corrected chi connectivity index (χ0v) is 17.0. The molecule has 1 fully saturated rings. The van der Waals surface area contributed by atoms with Crippen LogP contribution in [0.4, 0.5) is 0 Å². The Bertz CT molecular complexity index is 514. The molecule has 0 radical (unpaired) electrons. The van der Waals surface area contributed by atoms with Crippen molar-refractivity contribution in [2.75, 3.05) is 0 Å². The van der Waals surface area contributed by atoms with Gasteiger partial charge < -0.3 is 0 Å². The van der Waals surface area contributed by atoms with Crippen LogP contribution in [0.5, 0.6) is 0 Å². The van der Waals surface area contributed by atoms with Crippen LogP contribution in [0.25, 0.3) is 0 Å². The molecule has 1 saturated heterocycles. The van der Waals surface area contributed by atoms with Gasteiger partial charge in [0, 0.05) is 18.4 Å². The Morgan fingerprint density at radius 3 is 1.42 bits per heavy atom. The van der Waals surface area contributed by atoms with Crippen LogP contribution in [-0.2, 0) is 15.0 Å². The molecule has 136 valence electrons. The van der Waals surface area contributed by atoms with Crippen LogP contribution in [0.1, 0.15) is 79.4 Å². The minimum Gasteiger partial charge on any atom is -0.277 e. The van der Waals surface area contributed by atoms with Gasteiger partial charge in [-0.15, -0.1) is 0 Å².